The second kappa shape index (κ2) is 4.45. The number of rotatable bonds is 3. The summed E-state index contributed by atoms with van der Waals surface area (Å²) < 4.78 is 0. The van der Waals surface area contributed by atoms with Crippen LogP contribution in [-0.4, -0.2) is 33.0 Å². The summed E-state index contributed by atoms with van der Waals surface area (Å²) in [6.45, 7) is 0.274. The SMILES string of the molecule is O=C(O)C1CCC(=O)N1Cc1ccc(O)cc1. The highest BCUT2D eigenvalue weighted by Crippen LogP contribution is 2.22. The number of aromatic hydroxyl groups is 1. The number of carbonyl (C=O) groups is 2. The van der Waals surface area contributed by atoms with Gasteiger partial charge in [0.1, 0.15) is 11.8 Å². The fourth-order valence-electron chi connectivity index (χ4n) is 1.99. The van der Waals surface area contributed by atoms with Crippen molar-refractivity contribution in [3.05, 3.63) is 29.8 Å². The lowest BCUT2D eigenvalue weighted by Gasteiger charge is -2.21. The van der Waals surface area contributed by atoms with Gasteiger partial charge in [0, 0.05) is 13.0 Å². The number of amides is 1. The van der Waals surface area contributed by atoms with E-state index >= 15 is 0 Å². The average Bonchev–Trinajstić information content (AvgIpc) is 2.64. The number of hydrogen-bond donors (Lipinski definition) is 2. The zero-order valence-corrected chi connectivity index (χ0v) is 9.17. The van der Waals surface area contributed by atoms with Crippen molar-refractivity contribution in [2.45, 2.75) is 25.4 Å². The largest absolute Gasteiger partial charge is 0.508 e. The quantitative estimate of drug-likeness (QED) is 0.818. The van der Waals surface area contributed by atoms with E-state index in [9.17, 15) is 9.59 Å². The Bertz CT molecular complexity index is 440. The summed E-state index contributed by atoms with van der Waals surface area (Å²) in [7, 11) is 0. The highest BCUT2D eigenvalue weighted by atomic mass is 16.4. The van der Waals surface area contributed by atoms with Gasteiger partial charge in [0.25, 0.3) is 0 Å². The van der Waals surface area contributed by atoms with Crippen molar-refractivity contribution in [2.75, 3.05) is 0 Å². The smallest absolute Gasteiger partial charge is 0.326 e. The molecule has 5 heteroatoms. The summed E-state index contributed by atoms with van der Waals surface area (Å²) >= 11 is 0. The Labute approximate surface area is 98.3 Å². The van der Waals surface area contributed by atoms with Crippen LogP contribution in [0.25, 0.3) is 0 Å². The summed E-state index contributed by atoms with van der Waals surface area (Å²) in [5.74, 6) is -0.948. The van der Waals surface area contributed by atoms with Gasteiger partial charge in [-0.3, -0.25) is 4.79 Å². The molecule has 1 unspecified atom stereocenters. The predicted octanol–water partition coefficient (Wildman–Crippen LogP) is 0.968. The predicted molar refractivity (Wildman–Crippen MR) is 59.3 cm³/mol. The Morgan fingerprint density at radius 3 is 2.59 bits per heavy atom. The highest BCUT2D eigenvalue weighted by molar-refractivity contribution is 5.87. The Morgan fingerprint density at radius 2 is 2.00 bits per heavy atom. The second-order valence-corrected chi connectivity index (χ2v) is 4.08. The summed E-state index contributed by atoms with van der Waals surface area (Å²) in [4.78, 5) is 23.9. The zero-order chi connectivity index (χ0) is 12.4. The van der Waals surface area contributed by atoms with Crippen molar-refractivity contribution in [2.24, 2.45) is 0 Å². The molecule has 0 saturated carbocycles. The minimum Gasteiger partial charge on any atom is -0.508 e. The lowest BCUT2D eigenvalue weighted by atomic mass is 10.2. The fourth-order valence-corrected chi connectivity index (χ4v) is 1.99. The molecule has 1 amide bonds. The van der Waals surface area contributed by atoms with E-state index in [4.69, 9.17) is 10.2 Å². The van der Waals surface area contributed by atoms with Crippen molar-refractivity contribution >= 4 is 11.9 Å². The number of hydrogen-bond acceptors (Lipinski definition) is 3. The summed E-state index contributed by atoms with van der Waals surface area (Å²) in [6, 6.07) is 5.67. The molecule has 2 N–H and O–H groups in total. The molecule has 17 heavy (non-hydrogen) atoms. The molecular weight excluding hydrogens is 222 g/mol. The van der Waals surface area contributed by atoms with Gasteiger partial charge in [-0.05, 0) is 24.1 Å². The molecule has 0 aromatic heterocycles. The number of phenolic OH excluding ortho intramolecular Hbond substituents is 1. The molecule has 90 valence electrons. The molecule has 1 aliphatic rings. The van der Waals surface area contributed by atoms with Crippen molar-refractivity contribution in [3.8, 4) is 5.75 Å². The molecule has 5 nitrogen and oxygen atoms in total. The van der Waals surface area contributed by atoms with Gasteiger partial charge in [-0.2, -0.15) is 0 Å². The molecule has 1 fully saturated rings. The molecule has 0 spiro atoms. The van der Waals surface area contributed by atoms with Gasteiger partial charge >= 0.3 is 5.97 Å². The molecule has 0 aliphatic carbocycles. The molecule has 0 bridgehead atoms. The van der Waals surface area contributed by atoms with Gasteiger partial charge in [-0.25, -0.2) is 4.79 Å². The minimum atomic E-state index is -0.963. The molecule has 1 saturated heterocycles. The van der Waals surface area contributed by atoms with Crippen LogP contribution >= 0.6 is 0 Å². The van der Waals surface area contributed by atoms with Gasteiger partial charge in [-0.1, -0.05) is 12.1 Å². The number of nitrogens with zero attached hydrogens (tertiary/aromatic N) is 1. The maximum Gasteiger partial charge on any atom is 0.326 e. The first-order valence-electron chi connectivity index (χ1n) is 5.38. The Kier molecular flexibility index (Phi) is 2.99. The third-order valence-corrected chi connectivity index (χ3v) is 2.90. The van der Waals surface area contributed by atoms with Crippen LogP contribution in [0.1, 0.15) is 18.4 Å². The van der Waals surface area contributed by atoms with E-state index in [0.29, 0.717) is 6.42 Å². The molecule has 2 rings (SSSR count). The van der Waals surface area contributed by atoms with Crippen LogP contribution in [0.5, 0.6) is 5.75 Å². The maximum absolute atomic E-state index is 11.6. The zero-order valence-electron chi connectivity index (χ0n) is 9.17. The Balaban J connectivity index is 2.13. The Morgan fingerprint density at radius 1 is 1.35 bits per heavy atom. The molecule has 0 radical (unpaired) electrons. The standard InChI is InChI=1S/C12H13NO4/c14-9-3-1-8(2-4-9)7-13-10(12(16)17)5-6-11(13)15/h1-4,10,14H,5-7H2,(H,16,17). The maximum atomic E-state index is 11.6. The lowest BCUT2D eigenvalue weighted by Crippen LogP contribution is -2.37. The number of phenols is 1. The Hall–Kier alpha value is -2.04. The van der Waals surface area contributed by atoms with Crippen molar-refractivity contribution in [1.82, 2.24) is 4.90 Å². The lowest BCUT2D eigenvalue weighted by molar-refractivity contribution is -0.146. The van der Waals surface area contributed by atoms with Gasteiger partial charge in [0.05, 0.1) is 0 Å². The minimum absolute atomic E-state index is 0.134. The van der Waals surface area contributed by atoms with Crippen LogP contribution in [0.15, 0.2) is 24.3 Å². The second-order valence-electron chi connectivity index (χ2n) is 4.08. The van der Waals surface area contributed by atoms with Crippen molar-refractivity contribution in [1.29, 1.82) is 0 Å². The molecule has 1 aromatic carbocycles. The molecule has 1 aliphatic heterocycles. The van der Waals surface area contributed by atoms with Crippen LogP contribution in [0.2, 0.25) is 0 Å². The first-order chi connectivity index (χ1) is 8.08. The van der Waals surface area contributed by atoms with Crippen molar-refractivity contribution in [3.63, 3.8) is 0 Å². The van der Waals surface area contributed by atoms with Crippen LogP contribution in [0.4, 0.5) is 0 Å². The van der Waals surface area contributed by atoms with E-state index < -0.39 is 12.0 Å². The van der Waals surface area contributed by atoms with E-state index in [1.165, 1.54) is 17.0 Å². The third-order valence-electron chi connectivity index (χ3n) is 2.90. The first kappa shape index (κ1) is 11.4. The number of carbonyl (C=O) groups excluding carboxylic acids is 1. The van der Waals surface area contributed by atoms with Gasteiger partial charge in [0.2, 0.25) is 5.91 Å². The number of aliphatic carboxylic acids is 1. The van der Waals surface area contributed by atoms with Crippen LogP contribution in [0.3, 0.4) is 0 Å². The number of benzene rings is 1. The molecule has 1 aromatic rings. The van der Waals surface area contributed by atoms with E-state index in [-0.39, 0.29) is 24.6 Å². The van der Waals surface area contributed by atoms with E-state index in [1.54, 1.807) is 12.1 Å². The van der Waals surface area contributed by atoms with Crippen LogP contribution in [0, 0.1) is 0 Å². The number of carboxylic acids is 1. The fraction of sp³-hybridized carbons (Fsp3) is 0.333. The van der Waals surface area contributed by atoms with Gasteiger partial charge in [0.15, 0.2) is 0 Å². The topological polar surface area (TPSA) is 77.8 Å². The summed E-state index contributed by atoms with van der Waals surface area (Å²) in [6.07, 6.45) is 0.654. The number of carboxylic acid groups (broad SMARTS) is 1. The summed E-state index contributed by atoms with van der Waals surface area (Å²) in [5, 5.41) is 18.1. The highest BCUT2D eigenvalue weighted by Gasteiger charge is 2.35. The van der Waals surface area contributed by atoms with E-state index in [0.717, 1.165) is 5.56 Å². The molecule has 1 atom stereocenters. The average molecular weight is 235 g/mol. The number of likely N-dealkylation sites (tertiary alicyclic amines) is 1. The normalized spacial score (nSPS) is 19.6. The van der Waals surface area contributed by atoms with Crippen LogP contribution in [-0.2, 0) is 16.1 Å². The van der Waals surface area contributed by atoms with Crippen molar-refractivity contribution < 1.29 is 19.8 Å². The molecule has 1 heterocycles. The van der Waals surface area contributed by atoms with Gasteiger partial charge in [-0.15, -0.1) is 0 Å². The van der Waals surface area contributed by atoms with E-state index in [2.05, 4.69) is 0 Å². The van der Waals surface area contributed by atoms with Crippen LogP contribution < -0.4 is 0 Å². The van der Waals surface area contributed by atoms with E-state index in [1.807, 2.05) is 0 Å². The third kappa shape index (κ3) is 2.38. The monoisotopic (exact) mass is 235 g/mol. The van der Waals surface area contributed by atoms with Gasteiger partial charge < -0.3 is 15.1 Å². The first-order valence-corrected chi connectivity index (χ1v) is 5.38. The molecular formula is C12H13NO4. The summed E-state index contributed by atoms with van der Waals surface area (Å²) in [5.41, 5.74) is 0.810.